The smallest absolute Gasteiger partial charge is 0.264 e. The second-order valence-corrected chi connectivity index (χ2v) is 7.81. The molecule has 0 aliphatic carbocycles. The number of pyridine rings is 1. The number of rotatable bonds is 6. The molecule has 7 heteroatoms. The molecule has 0 saturated carbocycles. The molecular weight excluding hydrogens is 367 g/mol. The Hall–Kier alpha value is -2.93. The summed E-state index contributed by atoms with van der Waals surface area (Å²) in [6, 6.07) is 13.8. The van der Waals surface area contributed by atoms with Crippen LogP contribution in [0.1, 0.15) is 11.1 Å². The van der Waals surface area contributed by atoms with Crippen LogP contribution < -0.4 is 9.04 Å². The van der Waals surface area contributed by atoms with E-state index in [2.05, 4.69) is 4.98 Å². The number of methoxy groups -OCH3 is 1. The second kappa shape index (κ2) is 7.75. The van der Waals surface area contributed by atoms with E-state index in [1.54, 1.807) is 49.6 Å². The molecule has 0 N–H and O–H groups in total. The van der Waals surface area contributed by atoms with Gasteiger partial charge in [-0.3, -0.25) is 9.29 Å². The van der Waals surface area contributed by atoms with Gasteiger partial charge in [-0.1, -0.05) is 12.1 Å². The highest BCUT2D eigenvalue weighted by molar-refractivity contribution is 7.92. The van der Waals surface area contributed by atoms with Crippen molar-refractivity contribution in [1.29, 1.82) is 0 Å². The molecule has 5 nitrogen and oxygen atoms in total. The van der Waals surface area contributed by atoms with Crippen molar-refractivity contribution in [3.8, 4) is 5.75 Å². The molecule has 140 valence electrons. The van der Waals surface area contributed by atoms with Crippen LogP contribution in [-0.2, 0) is 16.6 Å². The first-order valence-corrected chi connectivity index (χ1v) is 9.67. The van der Waals surface area contributed by atoms with Crippen molar-refractivity contribution in [1.82, 2.24) is 4.98 Å². The van der Waals surface area contributed by atoms with Crippen molar-refractivity contribution in [2.75, 3.05) is 11.4 Å². The lowest BCUT2D eigenvalue weighted by Gasteiger charge is -2.25. The standard InChI is InChI=1S/C20H19FN2O3S/c1-15-11-19(26-2)8-9-20(15)27(24,25)23(14-16-5-4-10-22-13-16)18-7-3-6-17(21)12-18/h3-13H,14H2,1-2H3. The maximum Gasteiger partial charge on any atom is 0.264 e. The van der Waals surface area contributed by atoms with E-state index in [1.807, 2.05) is 0 Å². The van der Waals surface area contributed by atoms with Gasteiger partial charge in [0.2, 0.25) is 0 Å². The van der Waals surface area contributed by atoms with Crippen LogP contribution >= 0.6 is 0 Å². The summed E-state index contributed by atoms with van der Waals surface area (Å²) in [5.41, 5.74) is 1.48. The quantitative estimate of drug-likeness (QED) is 0.644. The Labute approximate surface area is 158 Å². The first-order valence-electron chi connectivity index (χ1n) is 8.23. The van der Waals surface area contributed by atoms with Crippen LogP contribution in [0, 0.1) is 12.7 Å². The van der Waals surface area contributed by atoms with Crippen molar-refractivity contribution in [3.05, 3.63) is 83.9 Å². The molecule has 0 radical (unpaired) electrons. The third-order valence-corrected chi connectivity index (χ3v) is 6.03. The summed E-state index contributed by atoms with van der Waals surface area (Å²) in [6.45, 7) is 1.73. The molecule has 0 fully saturated rings. The molecule has 1 aromatic heterocycles. The topological polar surface area (TPSA) is 59.5 Å². The number of aromatic nitrogens is 1. The molecule has 2 aromatic carbocycles. The third-order valence-electron chi connectivity index (χ3n) is 4.10. The van der Waals surface area contributed by atoms with Crippen LogP contribution in [0.4, 0.5) is 10.1 Å². The van der Waals surface area contributed by atoms with E-state index >= 15 is 0 Å². The number of aryl methyl sites for hydroxylation is 1. The largest absolute Gasteiger partial charge is 0.497 e. The van der Waals surface area contributed by atoms with E-state index in [9.17, 15) is 12.8 Å². The van der Waals surface area contributed by atoms with Crippen molar-refractivity contribution < 1.29 is 17.5 Å². The molecule has 0 saturated heterocycles. The van der Waals surface area contributed by atoms with E-state index in [4.69, 9.17) is 4.74 Å². The highest BCUT2D eigenvalue weighted by Gasteiger charge is 2.27. The van der Waals surface area contributed by atoms with E-state index < -0.39 is 15.8 Å². The first-order chi connectivity index (χ1) is 12.9. The fourth-order valence-electron chi connectivity index (χ4n) is 2.76. The van der Waals surface area contributed by atoms with Crippen molar-refractivity contribution in [2.45, 2.75) is 18.4 Å². The van der Waals surface area contributed by atoms with E-state index in [0.717, 1.165) is 0 Å². The molecule has 3 rings (SSSR count). The van der Waals surface area contributed by atoms with Gasteiger partial charge < -0.3 is 4.74 Å². The van der Waals surface area contributed by atoms with Gasteiger partial charge in [0.25, 0.3) is 10.0 Å². The summed E-state index contributed by atoms with van der Waals surface area (Å²) in [5, 5.41) is 0. The fourth-order valence-corrected chi connectivity index (χ4v) is 4.41. The van der Waals surface area contributed by atoms with Crippen LogP contribution in [0.2, 0.25) is 0 Å². The zero-order chi connectivity index (χ0) is 19.4. The van der Waals surface area contributed by atoms with Crippen molar-refractivity contribution >= 4 is 15.7 Å². The monoisotopic (exact) mass is 386 g/mol. The molecular formula is C20H19FN2O3S. The first kappa shape index (κ1) is 18.8. The lowest BCUT2D eigenvalue weighted by molar-refractivity contribution is 0.414. The summed E-state index contributed by atoms with van der Waals surface area (Å²) >= 11 is 0. The normalized spacial score (nSPS) is 11.2. The molecule has 0 aliphatic heterocycles. The highest BCUT2D eigenvalue weighted by Crippen LogP contribution is 2.29. The Kier molecular flexibility index (Phi) is 5.41. The predicted molar refractivity (Wildman–Crippen MR) is 102 cm³/mol. The zero-order valence-electron chi connectivity index (χ0n) is 15.0. The predicted octanol–water partition coefficient (Wildman–Crippen LogP) is 3.93. The fraction of sp³-hybridized carbons (Fsp3) is 0.150. The van der Waals surface area contributed by atoms with Crippen LogP contribution in [0.5, 0.6) is 5.75 Å². The third kappa shape index (κ3) is 4.09. The van der Waals surface area contributed by atoms with Crippen molar-refractivity contribution in [2.24, 2.45) is 0 Å². The molecule has 0 aliphatic rings. The Morgan fingerprint density at radius 3 is 2.56 bits per heavy atom. The summed E-state index contributed by atoms with van der Waals surface area (Å²) in [7, 11) is -2.42. The number of nitrogens with zero attached hydrogens (tertiary/aromatic N) is 2. The summed E-state index contributed by atoms with van der Waals surface area (Å²) in [5.74, 6) is 0.0568. The summed E-state index contributed by atoms with van der Waals surface area (Å²) < 4.78 is 46.9. The van der Waals surface area contributed by atoms with Gasteiger partial charge in [-0.25, -0.2) is 12.8 Å². The minimum atomic E-state index is -3.94. The van der Waals surface area contributed by atoms with Crippen molar-refractivity contribution in [3.63, 3.8) is 0 Å². The van der Waals surface area contributed by atoms with Gasteiger partial charge in [0.15, 0.2) is 0 Å². The minimum Gasteiger partial charge on any atom is -0.497 e. The Balaban J connectivity index is 2.11. The molecule has 0 amide bonds. The van der Waals surface area contributed by atoms with E-state index in [0.29, 0.717) is 16.9 Å². The molecule has 0 atom stereocenters. The molecule has 0 unspecified atom stereocenters. The molecule has 27 heavy (non-hydrogen) atoms. The number of sulfonamides is 1. The minimum absolute atomic E-state index is 0.0328. The summed E-state index contributed by atoms with van der Waals surface area (Å²) in [6.07, 6.45) is 3.20. The average Bonchev–Trinajstić information content (AvgIpc) is 2.66. The number of halogens is 1. The maximum atomic E-state index is 13.8. The molecule has 0 spiro atoms. The average molecular weight is 386 g/mol. The second-order valence-electron chi connectivity index (χ2n) is 5.98. The van der Waals surface area contributed by atoms with Gasteiger partial charge in [-0.2, -0.15) is 0 Å². The Morgan fingerprint density at radius 1 is 1.11 bits per heavy atom. The van der Waals surface area contributed by atoms with Crippen LogP contribution in [0.15, 0.2) is 71.9 Å². The number of hydrogen-bond acceptors (Lipinski definition) is 4. The van der Waals surface area contributed by atoms with Gasteiger partial charge in [0.1, 0.15) is 11.6 Å². The Bertz CT molecular complexity index is 1040. The maximum absolute atomic E-state index is 13.8. The van der Waals surface area contributed by atoms with Crippen LogP contribution in [0.3, 0.4) is 0 Å². The number of anilines is 1. The van der Waals surface area contributed by atoms with E-state index in [1.165, 1.54) is 35.7 Å². The molecule has 0 bridgehead atoms. The van der Waals surface area contributed by atoms with Gasteiger partial charge in [0.05, 0.1) is 24.2 Å². The highest BCUT2D eigenvalue weighted by atomic mass is 32.2. The molecule has 3 aromatic rings. The van der Waals surface area contributed by atoms with E-state index in [-0.39, 0.29) is 17.1 Å². The van der Waals surface area contributed by atoms with Gasteiger partial charge in [-0.15, -0.1) is 0 Å². The molecule has 1 heterocycles. The van der Waals surface area contributed by atoms with Gasteiger partial charge in [0, 0.05) is 12.4 Å². The summed E-state index contributed by atoms with van der Waals surface area (Å²) in [4.78, 5) is 4.17. The number of benzene rings is 2. The van der Waals surface area contributed by atoms with Gasteiger partial charge in [-0.05, 0) is 60.5 Å². The van der Waals surface area contributed by atoms with Gasteiger partial charge >= 0.3 is 0 Å². The van der Waals surface area contributed by atoms with Crippen LogP contribution in [-0.4, -0.2) is 20.5 Å². The zero-order valence-corrected chi connectivity index (χ0v) is 15.8. The van der Waals surface area contributed by atoms with Crippen LogP contribution in [0.25, 0.3) is 0 Å². The SMILES string of the molecule is COc1ccc(S(=O)(=O)N(Cc2cccnc2)c2cccc(F)c2)c(C)c1. The number of hydrogen-bond donors (Lipinski definition) is 0. The lowest BCUT2D eigenvalue weighted by atomic mass is 10.2. The Morgan fingerprint density at radius 2 is 1.93 bits per heavy atom. The lowest BCUT2D eigenvalue weighted by Crippen LogP contribution is -2.31. The number of ether oxygens (including phenoxy) is 1.